The second kappa shape index (κ2) is 6.29. The van der Waals surface area contributed by atoms with Gasteiger partial charge in [-0.15, -0.1) is 0 Å². The van der Waals surface area contributed by atoms with Crippen LogP contribution >= 0.6 is 0 Å². The summed E-state index contributed by atoms with van der Waals surface area (Å²) in [6.45, 7) is 0.989. The van der Waals surface area contributed by atoms with Crippen LogP contribution in [0.3, 0.4) is 0 Å². The van der Waals surface area contributed by atoms with E-state index in [4.69, 9.17) is 4.74 Å². The monoisotopic (exact) mass is 344 g/mol. The molecular weight excluding hydrogens is 327 g/mol. The Hall–Kier alpha value is -2.74. The number of benzene rings is 1. The van der Waals surface area contributed by atoms with Crippen LogP contribution in [0.25, 0.3) is 16.4 Å². The average molecular weight is 344 g/mol. The molecule has 0 radical (unpaired) electrons. The van der Waals surface area contributed by atoms with Gasteiger partial charge in [0.1, 0.15) is 24.2 Å². The Bertz CT molecular complexity index is 1000. The minimum atomic E-state index is -0.397. The second-order valence-electron chi connectivity index (χ2n) is 6.14. The lowest BCUT2D eigenvalue weighted by molar-refractivity contribution is -0.122. The first-order valence-corrected chi connectivity index (χ1v) is 8.16. The van der Waals surface area contributed by atoms with Gasteiger partial charge in [-0.05, 0) is 37.1 Å². The molecule has 1 aliphatic rings. The summed E-state index contributed by atoms with van der Waals surface area (Å²) >= 11 is 0. The Morgan fingerprint density at radius 1 is 1.36 bits per heavy atom. The van der Waals surface area contributed by atoms with Crippen molar-refractivity contribution in [2.75, 3.05) is 13.2 Å². The maximum Gasteiger partial charge on any atom is 0.291 e. The van der Waals surface area contributed by atoms with Crippen LogP contribution in [0.2, 0.25) is 0 Å². The van der Waals surface area contributed by atoms with Gasteiger partial charge in [-0.1, -0.05) is 0 Å². The second-order valence-corrected chi connectivity index (χ2v) is 6.14. The third kappa shape index (κ3) is 3.00. The van der Waals surface area contributed by atoms with E-state index in [1.807, 2.05) is 0 Å². The van der Waals surface area contributed by atoms with Crippen molar-refractivity contribution in [2.45, 2.75) is 25.5 Å². The van der Waals surface area contributed by atoms with Crippen molar-refractivity contribution in [1.29, 1.82) is 0 Å². The molecule has 1 fully saturated rings. The Morgan fingerprint density at radius 2 is 2.24 bits per heavy atom. The first-order valence-electron chi connectivity index (χ1n) is 8.16. The van der Waals surface area contributed by atoms with Crippen molar-refractivity contribution in [3.63, 3.8) is 0 Å². The van der Waals surface area contributed by atoms with E-state index in [1.165, 1.54) is 18.5 Å². The molecule has 3 heterocycles. The van der Waals surface area contributed by atoms with Gasteiger partial charge in [0.25, 0.3) is 5.56 Å². The first-order chi connectivity index (χ1) is 12.1. The molecule has 1 saturated heterocycles. The Morgan fingerprint density at radius 3 is 3.04 bits per heavy atom. The van der Waals surface area contributed by atoms with Crippen LogP contribution in [0, 0.1) is 5.82 Å². The van der Waals surface area contributed by atoms with Crippen LogP contribution in [-0.4, -0.2) is 39.3 Å². The number of halogens is 1. The molecule has 7 nitrogen and oxygen atoms in total. The summed E-state index contributed by atoms with van der Waals surface area (Å²) in [4.78, 5) is 24.6. The van der Waals surface area contributed by atoms with Crippen LogP contribution in [0.4, 0.5) is 4.39 Å². The normalized spacial score (nSPS) is 17.4. The number of amides is 1. The van der Waals surface area contributed by atoms with Crippen molar-refractivity contribution in [3.8, 4) is 0 Å². The number of ether oxygens (including phenoxy) is 1. The lowest BCUT2D eigenvalue weighted by atomic mass is 10.2. The summed E-state index contributed by atoms with van der Waals surface area (Å²) in [5.41, 5.74) is 0.643. The molecular formula is C17H17FN4O3. The minimum absolute atomic E-state index is 0.0435. The number of nitrogens with one attached hydrogen (secondary N) is 1. The fraction of sp³-hybridized carbons (Fsp3) is 0.353. The maximum atomic E-state index is 13.4. The van der Waals surface area contributed by atoms with Crippen molar-refractivity contribution >= 4 is 22.3 Å². The molecule has 0 bridgehead atoms. The number of nitrogens with zero attached hydrogens (tertiary/aromatic N) is 3. The molecule has 1 amide bonds. The molecule has 0 spiro atoms. The molecule has 3 aromatic rings. The zero-order valence-electron chi connectivity index (χ0n) is 13.4. The van der Waals surface area contributed by atoms with Crippen LogP contribution in [0.5, 0.6) is 0 Å². The summed E-state index contributed by atoms with van der Waals surface area (Å²) in [6, 6.07) is 5.89. The predicted octanol–water partition coefficient (Wildman–Crippen LogP) is 1.08. The molecule has 25 heavy (non-hydrogen) atoms. The number of aromatic nitrogens is 3. The van der Waals surface area contributed by atoms with Crippen LogP contribution in [-0.2, 0) is 16.1 Å². The molecule has 1 N–H and O–H groups in total. The largest absolute Gasteiger partial charge is 0.376 e. The fourth-order valence-corrected chi connectivity index (χ4v) is 3.13. The van der Waals surface area contributed by atoms with E-state index in [0.717, 1.165) is 24.1 Å². The number of fused-ring (bicyclic) bond motifs is 3. The summed E-state index contributed by atoms with van der Waals surface area (Å²) in [5.74, 6) is -0.665. The van der Waals surface area contributed by atoms with E-state index in [2.05, 4.69) is 10.4 Å². The first kappa shape index (κ1) is 15.8. The SMILES string of the molecule is O=C(Cn1ncn2c(cc3cc(F)ccc32)c1=O)NC[C@H]1CCCO1. The average Bonchev–Trinajstić information content (AvgIpc) is 3.23. The van der Waals surface area contributed by atoms with E-state index in [9.17, 15) is 14.0 Å². The number of hydrogen-bond donors (Lipinski definition) is 1. The van der Waals surface area contributed by atoms with Crippen molar-refractivity contribution in [1.82, 2.24) is 19.5 Å². The Balaban J connectivity index is 1.57. The molecule has 0 aliphatic carbocycles. The fourth-order valence-electron chi connectivity index (χ4n) is 3.13. The van der Waals surface area contributed by atoms with E-state index in [0.29, 0.717) is 23.0 Å². The summed E-state index contributed by atoms with van der Waals surface area (Å²) in [7, 11) is 0. The highest BCUT2D eigenvalue weighted by molar-refractivity contribution is 5.86. The van der Waals surface area contributed by atoms with E-state index in [-0.39, 0.29) is 24.4 Å². The van der Waals surface area contributed by atoms with Gasteiger partial charge in [-0.25, -0.2) is 9.07 Å². The molecule has 1 aliphatic heterocycles. The van der Waals surface area contributed by atoms with Gasteiger partial charge < -0.3 is 10.1 Å². The number of rotatable bonds is 4. The van der Waals surface area contributed by atoms with E-state index in [1.54, 1.807) is 16.5 Å². The zero-order chi connectivity index (χ0) is 17.4. The Kier molecular flexibility index (Phi) is 3.96. The highest BCUT2D eigenvalue weighted by Gasteiger charge is 2.17. The van der Waals surface area contributed by atoms with Crippen LogP contribution < -0.4 is 10.9 Å². The lowest BCUT2D eigenvalue weighted by Gasteiger charge is -2.11. The highest BCUT2D eigenvalue weighted by Crippen LogP contribution is 2.18. The number of hydrogen-bond acceptors (Lipinski definition) is 4. The van der Waals surface area contributed by atoms with Gasteiger partial charge in [0.15, 0.2) is 0 Å². The van der Waals surface area contributed by atoms with Crippen LogP contribution in [0.1, 0.15) is 12.8 Å². The minimum Gasteiger partial charge on any atom is -0.376 e. The van der Waals surface area contributed by atoms with Crippen molar-refractivity contribution in [2.24, 2.45) is 0 Å². The van der Waals surface area contributed by atoms with Gasteiger partial charge in [0.2, 0.25) is 5.91 Å². The molecule has 1 aromatic carbocycles. The topological polar surface area (TPSA) is 77.6 Å². The number of carbonyl (C=O) groups is 1. The molecule has 130 valence electrons. The molecule has 2 aromatic heterocycles. The summed E-state index contributed by atoms with van der Waals surface area (Å²) in [5, 5.41) is 7.43. The predicted molar refractivity (Wildman–Crippen MR) is 88.9 cm³/mol. The molecule has 1 atom stereocenters. The van der Waals surface area contributed by atoms with Crippen LogP contribution in [0.15, 0.2) is 35.4 Å². The third-order valence-electron chi connectivity index (χ3n) is 4.41. The smallest absolute Gasteiger partial charge is 0.291 e. The molecule has 0 saturated carbocycles. The lowest BCUT2D eigenvalue weighted by Crippen LogP contribution is -2.37. The quantitative estimate of drug-likeness (QED) is 0.768. The van der Waals surface area contributed by atoms with E-state index < -0.39 is 5.56 Å². The maximum absolute atomic E-state index is 13.4. The molecule has 0 unspecified atom stereocenters. The molecule has 8 heteroatoms. The van der Waals surface area contributed by atoms with E-state index >= 15 is 0 Å². The van der Waals surface area contributed by atoms with Crippen molar-refractivity contribution in [3.05, 3.63) is 46.8 Å². The standard InChI is InChI=1S/C17H17FN4O3/c18-12-3-4-14-11(6-12)7-15-17(24)22(20-10-21(14)15)9-16(23)19-8-13-2-1-5-25-13/h3-4,6-7,10,13H,1-2,5,8-9H2,(H,19,23)/t13-/m1/s1. The summed E-state index contributed by atoms with van der Waals surface area (Å²) < 4.78 is 21.5. The third-order valence-corrected chi connectivity index (χ3v) is 4.41. The van der Waals surface area contributed by atoms with Gasteiger partial charge in [0, 0.05) is 18.5 Å². The van der Waals surface area contributed by atoms with Gasteiger partial charge in [-0.3, -0.25) is 14.0 Å². The molecule has 4 rings (SSSR count). The van der Waals surface area contributed by atoms with Gasteiger partial charge in [0.05, 0.1) is 11.6 Å². The highest BCUT2D eigenvalue weighted by atomic mass is 19.1. The summed E-state index contributed by atoms with van der Waals surface area (Å²) in [6.07, 6.45) is 3.43. The van der Waals surface area contributed by atoms with Crippen molar-refractivity contribution < 1.29 is 13.9 Å². The zero-order valence-corrected chi connectivity index (χ0v) is 13.4. The number of carbonyl (C=O) groups excluding carboxylic acids is 1. The Labute approximate surface area is 142 Å². The van der Waals surface area contributed by atoms with Gasteiger partial charge >= 0.3 is 0 Å². The van der Waals surface area contributed by atoms with Gasteiger partial charge in [-0.2, -0.15) is 5.10 Å².